The van der Waals surface area contributed by atoms with Gasteiger partial charge in [0.15, 0.2) is 0 Å². The quantitative estimate of drug-likeness (QED) is 0.594. The molecular formula is C22H37F3N4O2. The van der Waals surface area contributed by atoms with Gasteiger partial charge in [-0.2, -0.15) is 18.3 Å². The van der Waals surface area contributed by atoms with Gasteiger partial charge < -0.3 is 14.8 Å². The van der Waals surface area contributed by atoms with Gasteiger partial charge in [0, 0.05) is 25.2 Å². The second-order valence-electron chi connectivity index (χ2n) is 9.16. The van der Waals surface area contributed by atoms with Crippen molar-refractivity contribution >= 4 is 0 Å². The average Bonchev–Trinajstić information content (AvgIpc) is 3.09. The summed E-state index contributed by atoms with van der Waals surface area (Å²) in [5.74, 6) is 0.375. The number of rotatable bonds is 10. The van der Waals surface area contributed by atoms with Crippen molar-refractivity contribution in [3.05, 3.63) is 17.0 Å². The fraction of sp³-hybridized carbons (Fsp3) is 0.864. The van der Waals surface area contributed by atoms with Crippen molar-refractivity contribution in [2.24, 2.45) is 5.41 Å². The van der Waals surface area contributed by atoms with Crippen LogP contribution in [0.4, 0.5) is 13.2 Å². The minimum Gasteiger partial charge on any atom is -0.373 e. The van der Waals surface area contributed by atoms with Gasteiger partial charge in [0.1, 0.15) is 6.61 Å². The van der Waals surface area contributed by atoms with Crippen molar-refractivity contribution in [2.75, 3.05) is 47.0 Å². The van der Waals surface area contributed by atoms with E-state index in [0.29, 0.717) is 19.1 Å². The molecule has 178 valence electrons. The Hall–Kier alpha value is -1.16. The Bertz CT molecular complexity index is 700. The van der Waals surface area contributed by atoms with E-state index in [4.69, 9.17) is 14.6 Å². The Kier molecular flexibility index (Phi) is 8.40. The molecule has 1 aliphatic heterocycles. The molecule has 2 aliphatic rings. The Labute approximate surface area is 183 Å². The smallest absolute Gasteiger partial charge is 0.373 e. The SMILES string of the molecule is CC[C@]1(COCC(F)(F)F)CC[C@@H](c2c(CN(C)CCNC)nn3c2COCC3)CC1. The maximum atomic E-state index is 12.5. The average molecular weight is 447 g/mol. The summed E-state index contributed by atoms with van der Waals surface area (Å²) in [6, 6.07) is 0. The zero-order valence-corrected chi connectivity index (χ0v) is 19.1. The van der Waals surface area contributed by atoms with Crippen LogP contribution in [-0.4, -0.2) is 67.9 Å². The van der Waals surface area contributed by atoms with Gasteiger partial charge in [-0.25, -0.2) is 0 Å². The standard InChI is InChI=1S/C22H37F3N4O2/c1-4-21(15-31-16-22(23,24)25)7-5-17(6-8-21)20-18(13-28(3)10-9-26-2)27-29-11-12-30-14-19(20)29/h17,26H,4-16H2,1-3H3/t17-,21+. The first-order chi connectivity index (χ1) is 14.8. The van der Waals surface area contributed by atoms with Gasteiger partial charge in [-0.05, 0) is 57.5 Å². The third-order valence-electron chi connectivity index (χ3n) is 6.90. The van der Waals surface area contributed by atoms with Crippen molar-refractivity contribution in [1.29, 1.82) is 0 Å². The Morgan fingerprint density at radius 1 is 1.32 bits per heavy atom. The van der Waals surface area contributed by atoms with Crippen LogP contribution in [0.1, 0.15) is 61.9 Å². The summed E-state index contributed by atoms with van der Waals surface area (Å²) in [5.41, 5.74) is 3.47. The molecule has 0 atom stereocenters. The lowest BCUT2D eigenvalue weighted by molar-refractivity contribution is -0.182. The third-order valence-corrected chi connectivity index (χ3v) is 6.90. The van der Waals surface area contributed by atoms with E-state index < -0.39 is 12.8 Å². The number of hydrogen-bond donors (Lipinski definition) is 1. The molecule has 1 aromatic heterocycles. The highest BCUT2D eigenvalue weighted by Crippen LogP contribution is 2.47. The highest BCUT2D eigenvalue weighted by atomic mass is 19.4. The van der Waals surface area contributed by atoms with Crippen LogP contribution in [0.15, 0.2) is 0 Å². The molecule has 1 fully saturated rings. The van der Waals surface area contributed by atoms with E-state index in [1.54, 1.807) is 0 Å². The lowest BCUT2D eigenvalue weighted by Crippen LogP contribution is -2.33. The monoisotopic (exact) mass is 446 g/mol. The third kappa shape index (κ3) is 6.43. The second kappa shape index (κ2) is 10.6. The van der Waals surface area contributed by atoms with Crippen molar-refractivity contribution in [3.63, 3.8) is 0 Å². The Morgan fingerprint density at radius 3 is 2.71 bits per heavy atom. The highest BCUT2D eigenvalue weighted by Gasteiger charge is 2.38. The van der Waals surface area contributed by atoms with Crippen LogP contribution in [0, 0.1) is 5.41 Å². The molecule has 0 unspecified atom stereocenters. The Morgan fingerprint density at radius 2 is 2.06 bits per heavy atom. The van der Waals surface area contributed by atoms with Crippen LogP contribution >= 0.6 is 0 Å². The maximum absolute atomic E-state index is 12.5. The van der Waals surface area contributed by atoms with Crippen LogP contribution in [0.3, 0.4) is 0 Å². The molecule has 6 nitrogen and oxygen atoms in total. The number of nitrogens with one attached hydrogen (secondary N) is 1. The fourth-order valence-electron chi connectivity index (χ4n) is 4.95. The molecule has 0 aromatic carbocycles. The molecule has 0 spiro atoms. The maximum Gasteiger partial charge on any atom is 0.411 e. The zero-order valence-electron chi connectivity index (χ0n) is 19.1. The molecule has 2 heterocycles. The van der Waals surface area contributed by atoms with Crippen LogP contribution in [0.2, 0.25) is 0 Å². The number of alkyl halides is 3. The van der Waals surface area contributed by atoms with Crippen LogP contribution in [0.25, 0.3) is 0 Å². The van der Waals surface area contributed by atoms with Crippen LogP contribution in [0.5, 0.6) is 0 Å². The molecule has 3 rings (SSSR count). The predicted octanol–water partition coefficient (Wildman–Crippen LogP) is 3.70. The molecule has 31 heavy (non-hydrogen) atoms. The van der Waals surface area contributed by atoms with E-state index >= 15 is 0 Å². The molecule has 0 amide bonds. The number of likely N-dealkylation sites (N-methyl/N-ethyl adjacent to an activating group) is 2. The first-order valence-corrected chi connectivity index (χ1v) is 11.4. The number of aromatic nitrogens is 2. The summed E-state index contributed by atoms with van der Waals surface area (Å²) >= 11 is 0. The largest absolute Gasteiger partial charge is 0.411 e. The Balaban J connectivity index is 1.70. The lowest BCUT2D eigenvalue weighted by atomic mass is 9.67. The molecular weight excluding hydrogens is 409 g/mol. The number of fused-ring (bicyclic) bond motifs is 1. The van der Waals surface area contributed by atoms with Gasteiger partial charge in [0.25, 0.3) is 0 Å². The first-order valence-electron chi connectivity index (χ1n) is 11.4. The minimum atomic E-state index is -4.27. The normalized spacial score (nSPS) is 24.5. The summed E-state index contributed by atoms with van der Waals surface area (Å²) in [5, 5.41) is 8.12. The number of halogens is 3. The van der Waals surface area contributed by atoms with Crippen molar-refractivity contribution in [3.8, 4) is 0 Å². The molecule has 9 heteroatoms. The van der Waals surface area contributed by atoms with Gasteiger partial charge in [-0.3, -0.25) is 9.58 Å². The summed E-state index contributed by atoms with van der Waals surface area (Å²) in [7, 11) is 4.06. The van der Waals surface area contributed by atoms with Gasteiger partial charge >= 0.3 is 6.18 Å². The van der Waals surface area contributed by atoms with Crippen molar-refractivity contribution < 1.29 is 22.6 Å². The zero-order chi connectivity index (χ0) is 22.5. The molecule has 0 saturated heterocycles. The summed E-state index contributed by atoms with van der Waals surface area (Å²) < 4.78 is 50.5. The predicted molar refractivity (Wildman–Crippen MR) is 113 cm³/mol. The molecule has 1 saturated carbocycles. The number of ether oxygens (including phenoxy) is 2. The first kappa shape index (κ1) is 24.5. The summed E-state index contributed by atoms with van der Waals surface area (Å²) in [6.45, 7) is 5.80. The summed E-state index contributed by atoms with van der Waals surface area (Å²) in [6.07, 6.45) is 0.243. The minimum absolute atomic E-state index is 0.158. The van der Waals surface area contributed by atoms with Crippen LogP contribution in [-0.2, 0) is 29.2 Å². The molecule has 1 N–H and O–H groups in total. The molecule has 1 aliphatic carbocycles. The van der Waals surface area contributed by atoms with E-state index in [1.807, 2.05) is 7.05 Å². The number of nitrogens with zero attached hydrogens (tertiary/aromatic N) is 3. The van der Waals surface area contributed by atoms with E-state index in [9.17, 15) is 13.2 Å². The number of hydrogen-bond acceptors (Lipinski definition) is 5. The topological polar surface area (TPSA) is 51.5 Å². The fourth-order valence-corrected chi connectivity index (χ4v) is 4.95. The highest BCUT2D eigenvalue weighted by molar-refractivity contribution is 5.31. The molecule has 0 bridgehead atoms. The van der Waals surface area contributed by atoms with E-state index in [1.165, 1.54) is 11.3 Å². The van der Waals surface area contributed by atoms with Crippen molar-refractivity contribution in [2.45, 2.75) is 70.8 Å². The van der Waals surface area contributed by atoms with Crippen molar-refractivity contribution in [1.82, 2.24) is 20.0 Å². The van der Waals surface area contributed by atoms with Gasteiger partial charge in [-0.15, -0.1) is 0 Å². The van der Waals surface area contributed by atoms with Crippen LogP contribution < -0.4 is 5.32 Å². The second-order valence-corrected chi connectivity index (χ2v) is 9.16. The molecule has 1 aromatic rings. The summed E-state index contributed by atoms with van der Waals surface area (Å²) in [4.78, 5) is 2.28. The van der Waals surface area contributed by atoms with E-state index in [0.717, 1.165) is 64.0 Å². The molecule has 0 radical (unpaired) electrons. The van der Waals surface area contributed by atoms with Gasteiger partial charge in [0.05, 0.1) is 37.8 Å². The van der Waals surface area contributed by atoms with Gasteiger partial charge in [-0.1, -0.05) is 6.92 Å². The van der Waals surface area contributed by atoms with E-state index in [-0.39, 0.29) is 12.0 Å². The van der Waals surface area contributed by atoms with E-state index in [2.05, 4.69) is 28.9 Å². The lowest BCUT2D eigenvalue weighted by Gasteiger charge is -2.40. The van der Waals surface area contributed by atoms with Gasteiger partial charge in [0.2, 0.25) is 0 Å².